The van der Waals surface area contributed by atoms with Gasteiger partial charge in [0.2, 0.25) is 0 Å². The summed E-state index contributed by atoms with van der Waals surface area (Å²) in [5.41, 5.74) is 0. The quantitative estimate of drug-likeness (QED) is 0.709. The number of ether oxygens (including phenoxy) is 1. The van der Waals surface area contributed by atoms with Gasteiger partial charge in [-0.2, -0.15) is 0 Å². The van der Waals surface area contributed by atoms with Gasteiger partial charge in [0.15, 0.2) is 0 Å². The molecular formula is C14H25NO2. The second-order valence-electron chi connectivity index (χ2n) is 5.53. The SMILES string of the molecule is CC[C@H](C)C(=O)O[C@@H]1CCCN2CCCC[C@@H]12. The highest BCUT2D eigenvalue weighted by Crippen LogP contribution is 2.28. The number of carbonyl (C=O) groups is 1. The van der Waals surface area contributed by atoms with Crippen molar-refractivity contribution in [3.8, 4) is 0 Å². The molecule has 2 saturated heterocycles. The average molecular weight is 239 g/mol. The van der Waals surface area contributed by atoms with E-state index in [1.54, 1.807) is 0 Å². The summed E-state index contributed by atoms with van der Waals surface area (Å²) in [5.74, 6) is 0.0545. The summed E-state index contributed by atoms with van der Waals surface area (Å²) in [4.78, 5) is 14.4. The third kappa shape index (κ3) is 3.01. The van der Waals surface area contributed by atoms with E-state index in [1.165, 1.54) is 38.8 Å². The van der Waals surface area contributed by atoms with Gasteiger partial charge in [0.05, 0.1) is 5.92 Å². The zero-order valence-corrected chi connectivity index (χ0v) is 11.2. The first-order valence-corrected chi connectivity index (χ1v) is 7.17. The summed E-state index contributed by atoms with van der Waals surface area (Å²) in [6.45, 7) is 6.40. The van der Waals surface area contributed by atoms with E-state index in [9.17, 15) is 4.79 Å². The molecule has 0 N–H and O–H groups in total. The van der Waals surface area contributed by atoms with Gasteiger partial charge in [-0.05, 0) is 45.2 Å². The highest BCUT2D eigenvalue weighted by atomic mass is 16.5. The van der Waals surface area contributed by atoms with E-state index in [0.29, 0.717) is 6.04 Å². The number of esters is 1. The molecule has 0 spiro atoms. The van der Waals surface area contributed by atoms with Crippen LogP contribution >= 0.6 is 0 Å². The predicted molar refractivity (Wildman–Crippen MR) is 67.8 cm³/mol. The fraction of sp³-hybridized carbons (Fsp3) is 0.929. The molecule has 2 rings (SSSR count). The van der Waals surface area contributed by atoms with Gasteiger partial charge >= 0.3 is 5.97 Å². The molecule has 3 atom stereocenters. The number of rotatable bonds is 3. The zero-order valence-electron chi connectivity index (χ0n) is 11.2. The van der Waals surface area contributed by atoms with Crippen molar-refractivity contribution in [2.24, 2.45) is 5.92 Å². The first kappa shape index (κ1) is 12.9. The lowest BCUT2D eigenvalue weighted by Gasteiger charge is -2.43. The van der Waals surface area contributed by atoms with Gasteiger partial charge in [0.25, 0.3) is 0 Å². The molecule has 2 fully saturated rings. The highest BCUT2D eigenvalue weighted by Gasteiger charge is 2.35. The molecule has 0 aromatic rings. The number of hydrogen-bond acceptors (Lipinski definition) is 3. The van der Waals surface area contributed by atoms with E-state index < -0.39 is 0 Å². The Morgan fingerprint density at radius 3 is 2.82 bits per heavy atom. The lowest BCUT2D eigenvalue weighted by Crippen LogP contribution is -2.52. The van der Waals surface area contributed by atoms with Gasteiger partial charge < -0.3 is 4.74 Å². The maximum atomic E-state index is 11.9. The van der Waals surface area contributed by atoms with Crippen molar-refractivity contribution < 1.29 is 9.53 Å². The van der Waals surface area contributed by atoms with Crippen LogP contribution in [-0.4, -0.2) is 36.1 Å². The Balaban J connectivity index is 1.92. The Labute approximate surface area is 105 Å². The molecular weight excluding hydrogens is 214 g/mol. The molecule has 0 aliphatic carbocycles. The van der Waals surface area contributed by atoms with Crippen LogP contribution in [0.1, 0.15) is 52.4 Å². The van der Waals surface area contributed by atoms with Gasteiger partial charge in [-0.15, -0.1) is 0 Å². The number of fused-ring (bicyclic) bond motifs is 1. The van der Waals surface area contributed by atoms with E-state index in [0.717, 1.165) is 12.8 Å². The van der Waals surface area contributed by atoms with Crippen molar-refractivity contribution in [2.75, 3.05) is 13.1 Å². The summed E-state index contributed by atoms with van der Waals surface area (Å²) in [6, 6.07) is 0.505. The van der Waals surface area contributed by atoms with Crippen molar-refractivity contribution in [1.82, 2.24) is 4.90 Å². The van der Waals surface area contributed by atoms with Gasteiger partial charge in [0, 0.05) is 6.04 Å². The van der Waals surface area contributed by atoms with Crippen LogP contribution in [0, 0.1) is 5.92 Å². The molecule has 0 radical (unpaired) electrons. The lowest BCUT2D eigenvalue weighted by molar-refractivity contribution is -0.160. The molecule has 3 heteroatoms. The fourth-order valence-electron chi connectivity index (χ4n) is 2.97. The maximum absolute atomic E-state index is 11.9. The predicted octanol–water partition coefficient (Wildman–Crippen LogP) is 2.59. The van der Waals surface area contributed by atoms with Crippen molar-refractivity contribution in [3.63, 3.8) is 0 Å². The van der Waals surface area contributed by atoms with E-state index in [2.05, 4.69) is 4.90 Å². The van der Waals surface area contributed by atoms with Crippen LogP contribution in [0.15, 0.2) is 0 Å². The van der Waals surface area contributed by atoms with Crippen molar-refractivity contribution in [2.45, 2.75) is 64.5 Å². The van der Waals surface area contributed by atoms with Gasteiger partial charge in [-0.3, -0.25) is 9.69 Å². The van der Waals surface area contributed by atoms with Gasteiger partial charge in [0.1, 0.15) is 6.10 Å². The maximum Gasteiger partial charge on any atom is 0.308 e. The van der Waals surface area contributed by atoms with Crippen LogP contribution in [0.4, 0.5) is 0 Å². The number of piperidine rings is 2. The zero-order chi connectivity index (χ0) is 12.3. The van der Waals surface area contributed by atoms with Crippen LogP contribution in [0.3, 0.4) is 0 Å². The highest BCUT2D eigenvalue weighted by molar-refractivity contribution is 5.72. The normalized spacial score (nSPS) is 31.6. The first-order valence-electron chi connectivity index (χ1n) is 7.17. The molecule has 0 bridgehead atoms. The molecule has 2 aliphatic rings. The van der Waals surface area contributed by atoms with Gasteiger partial charge in [-0.25, -0.2) is 0 Å². The van der Waals surface area contributed by atoms with Crippen molar-refractivity contribution >= 4 is 5.97 Å². The average Bonchev–Trinajstić information content (AvgIpc) is 2.38. The monoisotopic (exact) mass is 239 g/mol. The summed E-state index contributed by atoms with van der Waals surface area (Å²) in [7, 11) is 0. The minimum absolute atomic E-state index is 0.00456. The molecule has 17 heavy (non-hydrogen) atoms. The van der Waals surface area contributed by atoms with Crippen molar-refractivity contribution in [3.05, 3.63) is 0 Å². The summed E-state index contributed by atoms with van der Waals surface area (Å²) in [6.07, 6.45) is 7.07. The summed E-state index contributed by atoms with van der Waals surface area (Å²) in [5, 5.41) is 0. The summed E-state index contributed by atoms with van der Waals surface area (Å²) < 4.78 is 5.73. The Bertz CT molecular complexity index is 265. The Hall–Kier alpha value is -0.570. The Morgan fingerprint density at radius 1 is 1.29 bits per heavy atom. The third-order valence-electron chi connectivity index (χ3n) is 4.31. The van der Waals surface area contributed by atoms with Gasteiger partial charge in [-0.1, -0.05) is 20.3 Å². The molecule has 0 saturated carbocycles. The number of nitrogens with zero attached hydrogens (tertiary/aromatic N) is 1. The molecule has 98 valence electrons. The molecule has 0 aromatic carbocycles. The number of carbonyl (C=O) groups excluding carboxylic acids is 1. The van der Waals surface area contributed by atoms with Crippen molar-refractivity contribution in [1.29, 1.82) is 0 Å². The third-order valence-corrected chi connectivity index (χ3v) is 4.31. The second kappa shape index (κ2) is 5.85. The largest absolute Gasteiger partial charge is 0.460 e. The van der Waals surface area contributed by atoms with E-state index >= 15 is 0 Å². The molecule has 3 nitrogen and oxygen atoms in total. The molecule has 2 aliphatic heterocycles. The smallest absolute Gasteiger partial charge is 0.308 e. The Kier molecular flexibility index (Phi) is 4.43. The van der Waals surface area contributed by atoms with Crippen LogP contribution in [0.5, 0.6) is 0 Å². The van der Waals surface area contributed by atoms with E-state index in [1.807, 2.05) is 13.8 Å². The summed E-state index contributed by atoms with van der Waals surface area (Å²) >= 11 is 0. The minimum Gasteiger partial charge on any atom is -0.460 e. The van der Waals surface area contributed by atoms with Crippen LogP contribution in [0.25, 0.3) is 0 Å². The van der Waals surface area contributed by atoms with E-state index in [4.69, 9.17) is 4.74 Å². The Morgan fingerprint density at radius 2 is 2.06 bits per heavy atom. The standard InChI is InChI=1S/C14H25NO2/c1-3-11(2)14(16)17-13-8-6-10-15-9-5-4-7-12(13)15/h11-13H,3-10H2,1-2H3/t11-,12-,13+/m0/s1. The molecule has 0 unspecified atom stereocenters. The molecule has 0 aromatic heterocycles. The lowest BCUT2D eigenvalue weighted by atomic mass is 9.90. The fourth-order valence-corrected chi connectivity index (χ4v) is 2.97. The second-order valence-corrected chi connectivity index (χ2v) is 5.53. The molecule has 0 amide bonds. The van der Waals surface area contributed by atoms with E-state index in [-0.39, 0.29) is 18.0 Å². The van der Waals surface area contributed by atoms with Crippen LogP contribution < -0.4 is 0 Å². The first-order chi connectivity index (χ1) is 8.22. The molecule has 2 heterocycles. The topological polar surface area (TPSA) is 29.5 Å². The van der Waals surface area contributed by atoms with Crippen LogP contribution in [-0.2, 0) is 9.53 Å². The number of hydrogen-bond donors (Lipinski definition) is 0. The van der Waals surface area contributed by atoms with Crippen LogP contribution in [0.2, 0.25) is 0 Å². The minimum atomic E-state index is 0.00456.